The Labute approximate surface area is 201 Å². The summed E-state index contributed by atoms with van der Waals surface area (Å²) in [7, 11) is 0. The molecule has 2 unspecified atom stereocenters. The minimum absolute atomic E-state index is 0.0794. The average molecular weight is 471 g/mol. The van der Waals surface area contributed by atoms with E-state index in [0.717, 1.165) is 63.9 Å². The second kappa shape index (κ2) is 13.1. The lowest BCUT2D eigenvalue weighted by Crippen LogP contribution is -2.46. The fraction of sp³-hybridized carbons (Fsp3) is 0.462. The standard InChI is InChI=1S/C13H17NO3.C7H13NO.C6H4O2/c1-9-11-8-10(15)2-3-12(11)17-13(9)14-4-6-16-7-5-14;1-2-3-8-4-6-9-7-5-8;7-5-1-2-6(8)4-3-5/h2-3,8-9,13,15H,4-7H2,1H3;2-3H,4-7H2,1H3;1-4H/b;3-2+;. The highest BCUT2D eigenvalue weighted by atomic mass is 16.5. The number of phenolic OH excluding ortho intramolecular Hbond substituents is 1. The number of ketones is 2. The fourth-order valence-corrected chi connectivity index (χ4v) is 3.98. The highest BCUT2D eigenvalue weighted by molar-refractivity contribution is 6.14. The van der Waals surface area contributed by atoms with E-state index in [4.69, 9.17) is 14.2 Å². The van der Waals surface area contributed by atoms with Crippen molar-refractivity contribution in [3.8, 4) is 11.5 Å². The first-order chi connectivity index (χ1) is 16.5. The Kier molecular flexibility index (Phi) is 9.88. The number of hydrogen-bond donors (Lipinski definition) is 1. The molecule has 0 radical (unpaired) electrons. The van der Waals surface area contributed by atoms with Crippen molar-refractivity contribution < 1.29 is 28.9 Å². The second-order valence-corrected chi connectivity index (χ2v) is 8.27. The minimum Gasteiger partial charge on any atom is -0.508 e. The van der Waals surface area contributed by atoms with Crippen molar-refractivity contribution in [2.45, 2.75) is 26.0 Å². The zero-order chi connectivity index (χ0) is 24.3. The van der Waals surface area contributed by atoms with Crippen LogP contribution >= 0.6 is 0 Å². The molecule has 0 bridgehead atoms. The Morgan fingerprint density at radius 3 is 2.03 bits per heavy atom. The number of benzene rings is 1. The number of hydrogen-bond acceptors (Lipinski definition) is 8. The van der Waals surface area contributed by atoms with Crippen LogP contribution in [0.5, 0.6) is 11.5 Å². The van der Waals surface area contributed by atoms with Gasteiger partial charge in [-0.25, -0.2) is 0 Å². The van der Waals surface area contributed by atoms with Gasteiger partial charge in [0, 0.05) is 37.7 Å². The van der Waals surface area contributed by atoms with Gasteiger partial charge in [-0.2, -0.15) is 0 Å². The van der Waals surface area contributed by atoms with Crippen LogP contribution in [0, 0.1) is 0 Å². The highest BCUT2D eigenvalue weighted by Crippen LogP contribution is 2.41. The summed E-state index contributed by atoms with van der Waals surface area (Å²) in [4.78, 5) is 25.1. The number of phenols is 1. The molecule has 8 nitrogen and oxygen atoms in total. The number of rotatable bonds is 2. The van der Waals surface area contributed by atoms with Crippen molar-refractivity contribution in [1.29, 1.82) is 0 Å². The Morgan fingerprint density at radius 2 is 1.47 bits per heavy atom. The molecule has 2 atom stereocenters. The van der Waals surface area contributed by atoms with Crippen molar-refractivity contribution in [2.75, 3.05) is 52.6 Å². The monoisotopic (exact) mass is 470 g/mol. The summed E-state index contributed by atoms with van der Waals surface area (Å²) >= 11 is 0. The molecule has 0 amide bonds. The van der Waals surface area contributed by atoms with E-state index in [1.54, 1.807) is 12.1 Å². The summed E-state index contributed by atoms with van der Waals surface area (Å²) in [6.45, 7) is 11.4. The first-order valence-electron chi connectivity index (χ1n) is 11.7. The Balaban J connectivity index is 0.000000161. The van der Waals surface area contributed by atoms with Crippen molar-refractivity contribution in [3.05, 3.63) is 60.3 Å². The number of carbonyl (C=O) groups excluding carboxylic acids is 2. The first kappa shape index (κ1) is 25.7. The minimum atomic E-state index is -0.121. The number of ether oxygens (including phenoxy) is 3. The molecule has 3 aliphatic heterocycles. The van der Waals surface area contributed by atoms with Crippen molar-refractivity contribution in [1.82, 2.24) is 9.80 Å². The molecule has 2 fully saturated rings. The van der Waals surface area contributed by atoms with Gasteiger partial charge in [-0.05, 0) is 55.6 Å². The third kappa shape index (κ3) is 7.55. The molecule has 184 valence electrons. The molecular formula is C26H34N2O6. The Morgan fingerprint density at radius 1 is 0.912 bits per heavy atom. The molecule has 1 aromatic rings. The zero-order valence-corrected chi connectivity index (χ0v) is 19.9. The largest absolute Gasteiger partial charge is 0.508 e. The molecule has 5 rings (SSSR count). The third-order valence-electron chi connectivity index (χ3n) is 5.79. The van der Waals surface area contributed by atoms with Crippen LogP contribution in [0.4, 0.5) is 0 Å². The highest BCUT2D eigenvalue weighted by Gasteiger charge is 2.36. The smallest absolute Gasteiger partial charge is 0.178 e. The average Bonchev–Trinajstić information content (AvgIpc) is 3.19. The van der Waals surface area contributed by atoms with Gasteiger partial charge in [0.25, 0.3) is 0 Å². The molecule has 0 aromatic heterocycles. The van der Waals surface area contributed by atoms with E-state index in [-0.39, 0.29) is 23.7 Å². The summed E-state index contributed by atoms with van der Waals surface area (Å²) in [6.07, 6.45) is 9.26. The molecule has 0 saturated carbocycles. The molecule has 0 spiro atoms. The molecule has 1 aromatic carbocycles. The summed E-state index contributed by atoms with van der Waals surface area (Å²) in [6, 6.07) is 5.33. The quantitative estimate of drug-likeness (QED) is 0.660. The van der Waals surface area contributed by atoms with Crippen molar-refractivity contribution >= 4 is 11.6 Å². The van der Waals surface area contributed by atoms with Gasteiger partial charge in [0.1, 0.15) is 11.5 Å². The van der Waals surface area contributed by atoms with E-state index in [1.807, 2.05) is 13.0 Å². The van der Waals surface area contributed by atoms with Crippen LogP contribution in [0.2, 0.25) is 0 Å². The number of aromatic hydroxyl groups is 1. The van der Waals surface area contributed by atoms with Gasteiger partial charge in [-0.15, -0.1) is 0 Å². The molecule has 1 N–H and O–H groups in total. The summed E-state index contributed by atoms with van der Waals surface area (Å²) in [5.74, 6) is 1.25. The van der Waals surface area contributed by atoms with E-state index in [0.29, 0.717) is 5.75 Å². The molecule has 3 heterocycles. The van der Waals surface area contributed by atoms with Crippen LogP contribution in [0.25, 0.3) is 0 Å². The lowest BCUT2D eigenvalue weighted by Gasteiger charge is -2.33. The lowest BCUT2D eigenvalue weighted by molar-refractivity contribution is -0.113. The van der Waals surface area contributed by atoms with Gasteiger partial charge >= 0.3 is 0 Å². The molecule has 2 saturated heterocycles. The summed E-state index contributed by atoms with van der Waals surface area (Å²) < 4.78 is 16.5. The van der Waals surface area contributed by atoms with E-state index < -0.39 is 0 Å². The SMILES string of the molecule is C/C=C/N1CCOCC1.CC1c2cc(O)ccc2OC1N1CCOCC1.O=C1C=CC(=O)C=C1. The van der Waals surface area contributed by atoms with Crippen LogP contribution in [-0.4, -0.2) is 85.3 Å². The summed E-state index contributed by atoms with van der Waals surface area (Å²) in [5.41, 5.74) is 1.10. The van der Waals surface area contributed by atoms with Crippen LogP contribution in [0.1, 0.15) is 25.3 Å². The number of fused-ring (bicyclic) bond motifs is 1. The van der Waals surface area contributed by atoms with Gasteiger partial charge in [0.15, 0.2) is 17.8 Å². The molecule has 4 aliphatic rings. The van der Waals surface area contributed by atoms with E-state index in [2.05, 4.69) is 29.0 Å². The topological polar surface area (TPSA) is 88.5 Å². The van der Waals surface area contributed by atoms with Gasteiger partial charge in [-0.1, -0.05) is 13.0 Å². The molecule has 8 heteroatoms. The van der Waals surface area contributed by atoms with Crippen LogP contribution < -0.4 is 4.74 Å². The molecular weight excluding hydrogens is 436 g/mol. The predicted molar refractivity (Wildman–Crippen MR) is 129 cm³/mol. The number of morpholine rings is 2. The maximum atomic E-state index is 10.3. The zero-order valence-electron chi connectivity index (χ0n) is 19.9. The van der Waals surface area contributed by atoms with Crippen LogP contribution in [0.15, 0.2) is 54.8 Å². The number of nitrogens with zero attached hydrogens (tertiary/aromatic N) is 2. The second-order valence-electron chi connectivity index (χ2n) is 8.27. The number of carbonyl (C=O) groups is 2. The predicted octanol–water partition coefficient (Wildman–Crippen LogP) is 2.65. The van der Waals surface area contributed by atoms with Crippen molar-refractivity contribution in [3.63, 3.8) is 0 Å². The van der Waals surface area contributed by atoms with E-state index in [1.165, 1.54) is 24.3 Å². The Bertz CT molecular complexity index is 876. The van der Waals surface area contributed by atoms with Crippen LogP contribution in [-0.2, 0) is 19.1 Å². The normalized spacial score (nSPS) is 24.1. The number of allylic oxidation sites excluding steroid dienone is 5. The van der Waals surface area contributed by atoms with Gasteiger partial charge in [-0.3, -0.25) is 14.5 Å². The van der Waals surface area contributed by atoms with Gasteiger partial charge in [0.2, 0.25) is 0 Å². The fourth-order valence-electron chi connectivity index (χ4n) is 3.98. The summed E-state index contributed by atoms with van der Waals surface area (Å²) in [5, 5.41) is 9.52. The first-order valence-corrected chi connectivity index (χ1v) is 11.7. The molecule has 1 aliphatic carbocycles. The van der Waals surface area contributed by atoms with Gasteiger partial charge in [0.05, 0.1) is 26.4 Å². The Hall–Kier alpha value is -2.94. The van der Waals surface area contributed by atoms with E-state index >= 15 is 0 Å². The van der Waals surface area contributed by atoms with Crippen LogP contribution in [0.3, 0.4) is 0 Å². The third-order valence-corrected chi connectivity index (χ3v) is 5.79. The molecule has 34 heavy (non-hydrogen) atoms. The lowest BCUT2D eigenvalue weighted by atomic mass is 10.00. The maximum absolute atomic E-state index is 10.3. The van der Waals surface area contributed by atoms with Crippen molar-refractivity contribution in [2.24, 2.45) is 0 Å². The maximum Gasteiger partial charge on any atom is 0.178 e. The van der Waals surface area contributed by atoms with E-state index in [9.17, 15) is 14.7 Å². The van der Waals surface area contributed by atoms with Gasteiger partial charge < -0.3 is 24.2 Å².